The Morgan fingerprint density at radius 3 is 2.39 bits per heavy atom. The van der Waals surface area contributed by atoms with Crippen molar-refractivity contribution in [3.63, 3.8) is 0 Å². The van der Waals surface area contributed by atoms with Crippen LogP contribution < -0.4 is 11.4 Å². The summed E-state index contributed by atoms with van der Waals surface area (Å²) in [6.07, 6.45) is -2.42. The second-order valence-corrected chi connectivity index (χ2v) is 10.9. The van der Waals surface area contributed by atoms with E-state index in [1.54, 1.807) is 0 Å². The Morgan fingerprint density at radius 1 is 1.26 bits per heavy atom. The number of phosphoric acid groups is 3. The van der Waals surface area contributed by atoms with Crippen LogP contribution >= 0.6 is 35.1 Å². The number of aliphatic hydroxyl groups excluding tert-OH is 1. The lowest BCUT2D eigenvalue weighted by atomic mass is 9.99. The van der Waals surface area contributed by atoms with Crippen LogP contribution in [0, 0.1) is 0 Å². The molecule has 1 aromatic rings. The molecule has 0 aliphatic carbocycles. The van der Waals surface area contributed by atoms with E-state index in [-0.39, 0.29) is 5.82 Å². The third kappa shape index (κ3) is 6.62. The molecule has 31 heavy (non-hydrogen) atoms. The minimum absolute atomic E-state index is 0.157. The topological polar surface area (TPSA) is 250 Å². The van der Waals surface area contributed by atoms with E-state index in [0.29, 0.717) is 0 Å². The first kappa shape index (κ1) is 26.5. The average molecular weight is 534 g/mol. The molecule has 0 amide bonds. The number of rotatable bonds is 9. The van der Waals surface area contributed by atoms with E-state index in [2.05, 4.69) is 18.1 Å². The molecule has 0 bridgehead atoms. The van der Waals surface area contributed by atoms with Crippen molar-refractivity contribution >= 4 is 40.9 Å². The highest BCUT2D eigenvalue weighted by molar-refractivity contribution is 7.66. The van der Waals surface area contributed by atoms with Gasteiger partial charge in [-0.3, -0.25) is 9.09 Å². The normalized spacial score (nSPS) is 30.6. The summed E-state index contributed by atoms with van der Waals surface area (Å²) in [6.45, 7) is -2.92. The molecule has 2 heterocycles. The van der Waals surface area contributed by atoms with Crippen molar-refractivity contribution in [2.75, 3.05) is 19.0 Å². The van der Waals surface area contributed by atoms with Crippen molar-refractivity contribution in [1.82, 2.24) is 9.55 Å². The van der Waals surface area contributed by atoms with Gasteiger partial charge < -0.3 is 35.2 Å². The van der Waals surface area contributed by atoms with E-state index >= 15 is 0 Å². The second-order valence-electron chi connectivity index (χ2n) is 6.00. The van der Waals surface area contributed by atoms with Gasteiger partial charge in [0.2, 0.25) is 0 Å². The number of anilines is 1. The molecule has 1 aliphatic rings. The van der Waals surface area contributed by atoms with Crippen LogP contribution in [0.25, 0.3) is 0 Å². The summed E-state index contributed by atoms with van der Waals surface area (Å²) in [5.41, 5.74) is 1.90. The molecule has 6 atom stereocenters. The number of aliphatic hydroxyl groups is 1. The summed E-state index contributed by atoms with van der Waals surface area (Å²) in [5.74, 6) is -0.157. The lowest BCUT2D eigenvalue weighted by molar-refractivity contribution is -0.135. The minimum Gasteiger partial charge on any atom is -0.388 e. The van der Waals surface area contributed by atoms with Gasteiger partial charge in [-0.2, -0.15) is 13.6 Å². The Bertz CT molecular complexity index is 1020. The molecular weight excluding hydrogens is 517 g/mol. The molecule has 0 spiro atoms. The SMILES string of the molecule is Nc1ccn([C@@H]2O[C@](CF)(COP(=O)(O)OP(=O)(O)OP(=O)(O)O)[C@@H](O)[C@@H]2Cl)c(=O)n1. The highest BCUT2D eigenvalue weighted by Gasteiger charge is 2.57. The van der Waals surface area contributed by atoms with Crippen molar-refractivity contribution < 1.29 is 60.6 Å². The van der Waals surface area contributed by atoms with E-state index < -0.39 is 65.7 Å². The van der Waals surface area contributed by atoms with Crippen molar-refractivity contribution in [2.45, 2.75) is 23.3 Å². The van der Waals surface area contributed by atoms with Gasteiger partial charge in [-0.1, -0.05) is 0 Å². The van der Waals surface area contributed by atoms with Crippen molar-refractivity contribution in [1.29, 1.82) is 0 Å². The lowest BCUT2D eigenvalue weighted by Crippen LogP contribution is -2.48. The molecule has 0 saturated carbocycles. The number of phosphoric ester groups is 1. The molecule has 0 aromatic carbocycles. The molecule has 178 valence electrons. The Labute approximate surface area is 176 Å². The zero-order chi connectivity index (χ0) is 23.8. The van der Waals surface area contributed by atoms with Crippen molar-refractivity contribution in [3.05, 3.63) is 22.7 Å². The number of aromatic nitrogens is 2. The van der Waals surface area contributed by atoms with Gasteiger partial charge in [-0.15, -0.1) is 11.6 Å². The highest BCUT2D eigenvalue weighted by atomic mass is 35.5. The van der Waals surface area contributed by atoms with Gasteiger partial charge >= 0.3 is 29.2 Å². The number of hydrogen-bond acceptors (Lipinski definition) is 11. The summed E-state index contributed by atoms with van der Waals surface area (Å²) in [5, 5.41) is 8.78. The first-order valence-corrected chi connectivity index (χ1v) is 12.7. The number of nitrogens with zero attached hydrogens (tertiary/aromatic N) is 2. The standard InChI is InChI=1S/C10H16ClFN3O13P3/c11-6-7(16)10(3-12,26-8(6)15-2-1-5(13)14-9(15)17)4-25-30(21,22)28-31(23,24)27-29(18,19)20/h1-2,6-8,16H,3-4H2,(H,21,22)(H,23,24)(H2,13,14,17)(H2,18,19,20)/t6-,7-,8+,10+/m0/s1. The van der Waals surface area contributed by atoms with Crippen molar-refractivity contribution in [3.8, 4) is 0 Å². The predicted octanol–water partition coefficient (Wildman–Crippen LogP) is -0.626. The summed E-state index contributed by atoms with van der Waals surface area (Å²) in [7, 11) is -17.1. The first-order chi connectivity index (χ1) is 14.0. The summed E-state index contributed by atoms with van der Waals surface area (Å²) in [6, 6.07) is 1.17. The maximum absolute atomic E-state index is 13.8. The van der Waals surface area contributed by atoms with Crippen LogP contribution in [0.2, 0.25) is 0 Å². The quantitative estimate of drug-likeness (QED) is 0.171. The molecule has 0 radical (unpaired) electrons. The number of alkyl halides is 2. The summed E-state index contributed by atoms with van der Waals surface area (Å²) < 4.78 is 64.9. The van der Waals surface area contributed by atoms with Gasteiger partial charge in [0.25, 0.3) is 0 Å². The van der Waals surface area contributed by atoms with Crippen LogP contribution in [-0.2, 0) is 31.6 Å². The third-order valence-electron chi connectivity index (χ3n) is 3.71. The van der Waals surface area contributed by atoms with E-state index in [1.807, 2.05) is 0 Å². The summed E-state index contributed by atoms with van der Waals surface area (Å²) in [4.78, 5) is 50.9. The van der Waals surface area contributed by atoms with Crippen LogP contribution in [-0.4, -0.2) is 64.6 Å². The van der Waals surface area contributed by atoms with E-state index in [1.165, 1.54) is 6.07 Å². The molecule has 1 aliphatic heterocycles. The van der Waals surface area contributed by atoms with Gasteiger partial charge in [0.1, 0.15) is 24.0 Å². The van der Waals surface area contributed by atoms with Gasteiger partial charge in [-0.05, 0) is 6.07 Å². The molecule has 7 N–H and O–H groups in total. The number of nitrogen functional groups attached to an aromatic ring is 1. The number of ether oxygens (including phenoxy) is 1. The average Bonchev–Trinajstić information content (AvgIpc) is 2.82. The number of hydrogen-bond donors (Lipinski definition) is 6. The third-order valence-corrected chi connectivity index (χ3v) is 7.95. The van der Waals surface area contributed by atoms with Crippen molar-refractivity contribution in [2.24, 2.45) is 0 Å². The Hall–Kier alpha value is -0.770. The first-order valence-electron chi connectivity index (χ1n) is 7.70. The minimum atomic E-state index is -5.82. The van der Waals surface area contributed by atoms with Crippen LogP contribution in [0.5, 0.6) is 0 Å². The number of halogens is 2. The largest absolute Gasteiger partial charge is 0.490 e. The molecule has 1 aromatic heterocycles. The monoisotopic (exact) mass is 533 g/mol. The van der Waals surface area contributed by atoms with Crippen LogP contribution in [0.3, 0.4) is 0 Å². The number of nitrogens with two attached hydrogens (primary N) is 1. The smallest absolute Gasteiger partial charge is 0.388 e. The predicted molar refractivity (Wildman–Crippen MR) is 97.2 cm³/mol. The van der Waals surface area contributed by atoms with Gasteiger partial charge in [0.05, 0.1) is 6.61 Å². The zero-order valence-electron chi connectivity index (χ0n) is 14.9. The molecule has 2 rings (SSSR count). The van der Waals surface area contributed by atoms with Crippen LogP contribution in [0.1, 0.15) is 6.23 Å². The van der Waals surface area contributed by atoms with E-state index in [9.17, 15) is 32.9 Å². The fourth-order valence-electron chi connectivity index (χ4n) is 2.41. The molecule has 1 saturated heterocycles. The highest BCUT2D eigenvalue weighted by Crippen LogP contribution is 2.66. The van der Waals surface area contributed by atoms with E-state index in [4.69, 9.17) is 36.8 Å². The maximum Gasteiger partial charge on any atom is 0.490 e. The zero-order valence-corrected chi connectivity index (χ0v) is 18.3. The van der Waals surface area contributed by atoms with Crippen LogP contribution in [0.4, 0.5) is 10.2 Å². The van der Waals surface area contributed by atoms with Gasteiger partial charge in [0, 0.05) is 6.20 Å². The summed E-state index contributed by atoms with van der Waals surface area (Å²) >= 11 is 6.00. The fraction of sp³-hybridized carbons (Fsp3) is 0.600. The maximum atomic E-state index is 13.8. The van der Waals surface area contributed by atoms with Gasteiger partial charge in [0.15, 0.2) is 11.8 Å². The second kappa shape index (κ2) is 9.23. The van der Waals surface area contributed by atoms with Gasteiger partial charge in [-0.25, -0.2) is 22.9 Å². The molecule has 1 fully saturated rings. The Kier molecular flexibility index (Phi) is 7.89. The Morgan fingerprint density at radius 2 is 1.87 bits per heavy atom. The molecule has 2 unspecified atom stereocenters. The van der Waals surface area contributed by atoms with Crippen LogP contribution in [0.15, 0.2) is 17.1 Å². The molecular formula is C10H16ClFN3O13P3. The fourth-order valence-corrected chi connectivity index (χ4v) is 5.89. The Balaban J connectivity index is 2.20. The lowest BCUT2D eigenvalue weighted by Gasteiger charge is -2.29. The molecule has 16 nitrogen and oxygen atoms in total. The molecule has 21 heteroatoms. The van der Waals surface area contributed by atoms with E-state index in [0.717, 1.165) is 10.8 Å².